The van der Waals surface area contributed by atoms with Gasteiger partial charge in [-0.25, -0.2) is 4.39 Å². The van der Waals surface area contributed by atoms with Crippen LogP contribution in [-0.2, 0) is 11.4 Å². The minimum atomic E-state index is -1.24. The molecule has 5 heteroatoms. The number of hydrogen-bond acceptors (Lipinski definition) is 2. The number of halogens is 2. The van der Waals surface area contributed by atoms with Crippen LogP contribution in [0.3, 0.4) is 0 Å². The lowest BCUT2D eigenvalue weighted by Gasteiger charge is -2.26. The van der Waals surface area contributed by atoms with Crippen molar-refractivity contribution in [1.82, 2.24) is 4.72 Å². The Morgan fingerprint density at radius 2 is 2.00 bits per heavy atom. The number of hydrogen-bond donors (Lipinski definition) is 1. The second-order valence-corrected chi connectivity index (χ2v) is 7.32. The molecule has 0 amide bonds. The molecule has 2 nitrogen and oxygen atoms in total. The lowest BCUT2D eigenvalue weighted by atomic mass is 10.1. The van der Waals surface area contributed by atoms with Crippen LogP contribution in [0.1, 0.15) is 39.3 Å². The van der Waals surface area contributed by atoms with E-state index >= 15 is 0 Å². The van der Waals surface area contributed by atoms with Gasteiger partial charge in [0.05, 0.1) is 6.04 Å². The highest BCUT2D eigenvalue weighted by Gasteiger charge is 2.29. The smallest absolute Gasteiger partial charge is 0.136 e. The summed E-state index contributed by atoms with van der Waals surface area (Å²) in [5.74, 6) is -0.347. The minimum Gasteiger partial charge on any atom is -0.598 e. The number of nitrogens with one attached hydrogen (secondary N) is 1. The third kappa shape index (κ3) is 4.14. The first-order chi connectivity index (χ1) is 7.71. The molecule has 17 heavy (non-hydrogen) atoms. The van der Waals surface area contributed by atoms with E-state index in [-0.39, 0.29) is 16.6 Å². The quantitative estimate of drug-likeness (QED) is 0.857. The number of rotatable bonds is 3. The van der Waals surface area contributed by atoms with Gasteiger partial charge in [-0.15, -0.1) is 4.72 Å². The largest absolute Gasteiger partial charge is 0.598 e. The molecule has 1 rings (SSSR count). The van der Waals surface area contributed by atoms with E-state index in [0.29, 0.717) is 10.6 Å². The molecule has 96 valence electrons. The maximum Gasteiger partial charge on any atom is 0.136 e. The summed E-state index contributed by atoms with van der Waals surface area (Å²) in [6, 6.07) is 4.01. The summed E-state index contributed by atoms with van der Waals surface area (Å²) in [5, 5.41) is 0.469. The second-order valence-electron chi connectivity index (χ2n) is 4.89. The van der Waals surface area contributed by atoms with Crippen LogP contribution in [0, 0.1) is 5.82 Å². The molecule has 0 bridgehead atoms. The van der Waals surface area contributed by atoms with Gasteiger partial charge in [-0.05, 0) is 45.9 Å². The average molecular weight is 278 g/mol. The van der Waals surface area contributed by atoms with E-state index in [1.165, 1.54) is 12.1 Å². The molecule has 0 saturated carbocycles. The van der Waals surface area contributed by atoms with Crippen molar-refractivity contribution in [2.24, 2.45) is 0 Å². The Morgan fingerprint density at radius 1 is 1.41 bits per heavy atom. The summed E-state index contributed by atoms with van der Waals surface area (Å²) >= 11 is 4.57. The van der Waals surface area contributed by atoms with Gasteiger partial charge < -0.3 is 4.55 Å². The Hall–Kier alpha value is -0.290. The van der Waals surface area contributed by atoms with Gasteiger partial charge in [0.1, 0.15) is 10.6 Å². The van der Waals surface area contributed by atoms with Crippen LogP contribution in [0.5, 0.6) is 0 Å². The molecule has 0 spiro atoms. The van der Waals surface area contributed by atoms with Crippen LogP contribution in [0.2, 0.25) is 5.02 Å². The molecule has 2 atom stereocenters. The molecule has 1 N–H and O–H groups in total. The molecule has 0 saturated heterocycles. The van der Waals surface area contributed by atoms with Gasteiger partial charge in [0, 0.05) is 21.9 Å². The van der Waals surface area contributed by atoms with E-state index in [1.54, 1.807) is 13.0 Å². The van der Waals surface area contributed by atoms with Crippen LogP contribution in [-0.4, -0.2) is 9.30 Å². The fraction of sp³-hybridized carbons (Fsp3) is 0.500. The average Bonchev–Trinajstić information content (AvgIpc) is 2.20. The molecule has 0 fully saturated rings. The second kappa shape index (κ2) is 5.57. The summed E-state index contributed by atoms with van der Waals surface area (Å²) in [6.45, 7) is 7.34. The van der Waals surface area contributed by atoms with E-state index in [9.17, 15) is 8.94 Å². The van der Waals surface area contributed by atoms with Crippen LogP contribution < -0.4 is 4.72 Å². The standard InChI is InChI=1S/C12H17ClFNOS/c1-8(15-17(16)12(2,3)4)10-7-9(13)5-6-11(10)14/h5-8,15H,1-4H3/t8?,17-/m1/s1. The highest BCUT2D eigenvalue weighted by molar-refractivity contribution is 7.90. The first-order valence-corrected chi connectivity index (χ1v) is 6.87. The topological polar surface area (TPSA) is 35.1 Å². The van der Waals surface area contributed by atoms with Crippen molar-refractivity contribution in [1.29, 1.82) is 0 Å². The Labute approximate surface area is 110 Å². The molecule has 1 unspecified atom stereocenters. The molecular weight excluding hydrogens is 261 g/mol. The van der Waals surface area contributed by atoms with Gasteiger partial charge in [-0.3, -0.25) is 0 Å². The molecule has 0 aliphatic heterocycles. The van der Waals surface area contributed by atoms with Crippen molar-refractivity contribution in [3.05, 3.63) is 34.6 Å². The Bertz CT molecular complexity index is 395. The predicted octanol–water partition coefficient (Wildman–Crippen LogP) is 3.59. The molecule has 0 aromatic heterocycles. The van der Waals surface area contributed by atoms with Gasteiger partial charge >= 0.3 is 0 Å². The van der Waals surface area contributed by atoms with Gasteiger partial charge in [0.2, 0.25) is 0 Å². The van der Waals surface area contributed by atoms with Crippen LogP contribution in [0.25, 0.3) is 0 Å². The Kier molecular flexibility index (Phi) is 4.84. The van der Waals surface area contributed by atoms with Crippen molar-refractivity contribution >= 4 is 23.0 Å². The van der Waals surface area contributed by atoms with E-state index in [4.69, 9.17) is 11.6 Å². The summed E-state index contributed by atoms with van der Waals surface area (Å²) in [7, 11) is 0. The van der Waals surface area contributed by atoms with Gasteiger partial charge in [0.25, 0.3) is 0 Å². The first kappa shape index (κ1) is 14.8. The lowest BCUT2D eigenvalue weighted by molar-refractivity contribution is 0.522. The van der Waals surface area contributed by atoms with Gasteiger partial charge in [-0.1, -0.05) is 11.6 Å². The predicted molar refractivity (Wildman–Crippen MR) is 70.9 cm³/mol. The van der Waals surface area contributed by atoms with Crippen LogP contribution >= 0.6 is 11.6 Å². The molecule has 1 aromatic carbocycles. The van der Waals surface area contributed by atoms with Crippen molar-refractivity contribution in [2.75, 3.05) is 0 Å². The van der Waals surface area contributed by atoms with Crippen molar-refractivity contribution < 1.29 is 8.94 Å². The van der Waals surface area contributed by atoms with Gasteiger partial charge in [-0.2, -0.15) is 0 Å². The van der Waals surface area contributed by atoms with E-state index in [0.717, 1.165) is 0 Å². The zero-order valence-electron chi connectivity index (χ0n) is 10.4. The molecular formula is C12H17ClFNOS. The summed E-state index contributed by atoms with van der Waals surface area (Å²) in [4.78, 5) is 0. The third-order valence-electron chi connectivity index (χ3n) is 2.26. The molecule has 0 aliphatic rings. The van der Waals surface area contributed by atoms with Crippen LogP contribution in [0.15, 0.2) is 18.2 Å². The summed E-state index contributed by atoms with van der Waals surface area (Å²) in [6.07, 6.45) is 0. The molecule has 0 aliphatic carbocycles. The maximum absolute atomic E-state index is 13.6. The Morgan fingerprint density at radius 3 is 2.53 bits per heavy atom. The lowest BCUT2D eigenvalue weighted by Crippen LogP contribution is -2.40. The third-order valence-corrected chi connectivity index (χ3v) is 4.18. The fourth-order valence-corrected chi connectivity index (χ4v) is 2.23. The molecule has 1 aromatic rings. The highest BCUT2D eigenvalue weighted by Crippen LogP contribution is 2.24. The molecule has 0 radical (unpaired) electrons. The zero-order valence-corrected chi connectivity index (χ0v) is 12.0. The van der Waals surface area contributed by atoms with E-state index < -0.39 is 11.4 Å². The van der Waals surface area contributed by atoms with Crippen molar-refractivity contribution in [2.45, 2.75) is 38.5 Å². The summed E-state index contributed by atoms with van der Waals surface area (Å²) in [5.41, 5.74) is 0.426. The van der Waals surface area contributed by atoms with E-state index in [2.05, 4.69) is 4.72 Å². The first-order valence-electron chi connectivity index (χ1n) is 5.35. The molecule has 0 heterocycles. The van der Waals surface area contributed by atoms with E-state index in [1.807, 2.05) is 20.8 Å². The number of benzene rings is 1. The van der Waals surface area contributed by atoms with Crippen molar-refractivity contribution in [3.63, 3.8) is 0 Å². The normalized spacial score (nSPS) is 15.7. The fourth-order valence-electron chi connectivity index (χ4n) is 1.25. The SMILES string of the molecule is CC(N[S@+]([O-])C(C)(C)C)c1cc(Cl)ccc1F. The minimum absolute atomic E-state index is 0.347. The monoisotopic (exact) mass is 277 g/mol. The maximum atomic E-state index is 13.6. The summed E-state index contributed by atoms with van der Waals surface area (Å²) < 4.78 is 28.0. The van der Waals surface area contributed by atoms with Crippen molar-refractivity contribution in [3.8, 4) is 0 Å². The Balaban J connectivity index is 2.83. The zero-order chi connectivity index (χ0) is 13.2. The highest BCUT2D eigenvalue weighted by atomic mass is 35.5. The van der Waals surface area contributed by atoms with Gasteiger partial charge in [0.15, 0.2) is 0 Å². The van der Waals surface area contributed by atoms with Crippen LogP contribution in [0.4, 0.5) is 4.39 Å².